The molecule has 0 spiro atoms. The molecule has 2 aliphatic heterocycles. The van der Waals surface area contributed by atoms with Crippen molar-refractivity contribution in [3.63, 3.8) is 0 Å². The number of aromatic nitrogens is 2. The van der Waals surface area contributed by atoms with E-state index in [-0.39, 0.29) is 5.92 Å². The van der Waals surface area contributed by atoms with Gasteiger partial charge in [0.2, 0.25) is 5.91 Å². The third-order valence-electron chi connectivity index (χ3n) is 7.13. The first-order valence-electron chi connectivity index (χ1n) is 12.4. The van der Waals surface area contributed by atoms with E-state index in [1.54, 1.807) is 7.11 Å². The monoisotopic (exact) mass is 461 g/mol. The predicted molar refractivity (Wildman–Crippen MR) is 134 cm³/mol. The lowest BCUT2D eigenvalue weighted by Crippen LogP contribution is -2.54. The van der Waals surface area contributed by atoms with E-state index < -0.39 is 0 Å². The summed E-state index contributed by atoms with van der Waals surface area (Å²) in [5.74, 6) is 2.33. The maximum atomic E-state index is 13.2. The first-order chi connectivity index (χ1) is 16.6. The lowest BCUT2D eigenvalue weighted by molar-refractivity contribution is -0.138. The van der Waals surface area contributed by atoms with Crippen molar-refractivity contribution in [3.8, 4) is 5.75 Å². The van der Waals surface area contributed by atoms with Crippen molar-refractivity contribution in [2.45, 2.75) is 38.9 Å². The third-order valence-corrected chi connectivity index (χ3v) is 7.13. The molecule has 2 saturated heterocycles. The molecule has 7 nitrogen and oxygen atoms in total. The molecule has 3 aromatic rings. The minimum atomic E-state index is 0.0819. The average Bonchev–Trinajstić information content (AvgIpc) is 3.21. The highest BCUT2D eigenvalue weighted by atomic mass is 16.5. The fraction of sp³-hybridized carbons (Fsp3) is 0.481. The number of imidazole rings is 1. The van der Waals surface area contributed by atoms with E-state index in [4.69, 9.17) is 9.72 Å². The molecule has 3 heterocycles. The van der Waals surface area contributed by atoms with Gasteiger partial charge in [0.25, 0.3) is 0 Å². The summed E-state index contributed by atoms with van der Waals surface area (Å²) in [7, 11) is 1.69. The quantitative estimate of drug-likeness (QED) is 0.611. The zero-order valence-electron chi connectivity index (χ0n) is 20.2. The lowest BCUT2D eigenvalue weighted by Gasteiger charge is -2.38. The van der Waals surface area contributed by atoms with Crippen molar-refractivity contribution in [2.75, 3.05) is 39.8 Å². The lowest BCUT2D eigenvalue weighted by atomic mass is 9.96. The molecule has 1 N–H and O–H groups in total. The summed E-state index contributed by atoms with van der Waals surface area (Å²) in [5.41, 5.74) is 3.38. The molecule has 2 fully saturated rings. The van der Waals surface area contributed by atoms with Crippen molar-refractivity contribution in [3.05, 3.63) is 59.9 Å². The Hall–Kier alpha value is -2.90. The number of hydrogen-bond acceptors (Lipinski definition) is 5. The number of piperidine rings is 1. The minimum Gasteiger partial charge on any atom is -0.497 e. The molecule has 5 rings (SSSR count). The van der Waals surface area contributed by atoms with Crippen molar-refractivity contribution in [1.29, 1.82) is 0 Å². The van der Waals surface area contributed by atoms with Crippen LogP contribution < -0.4 is 10.1 Å². The Morgan fingerprint density at radius 3 is 2.71 bits per heavy atom. The van der Waals surface area contributed by atoms with Gasteiger partial charge >= 0.3 is 0 Å². The Morgan fingerprint density at radius 2 is 1.91 bits per heavy atom. The molecule has 0 saturated carbocycles. The van der Waals surface area contributed by atoms with E-state index in [1.165, 1.54) is 5.56 Å². The maximum absolute atomic E-state index is 13.2. The van der Waals surface area contributed by atoms with Crippen LogP contribution in [0.25, 0.3) is 11.0 Å². The molecule has 0 aliphatic carbocycles. The molecule has 7 heteroatoms. The molecule has 0 unspecified atom stereocenters. The van der Waals surface area contributed by atoms with Crippen LogP contribution in [-0.4, -0.2) is 71.1 Å². The second-order valence-electron chi connectivity index (χ2n) is 9.66. The smallest absolute Gasteiger partial charge is 0.227 e. The van der Waals surface area contributed by atoms with Crippen molar-refractivity contribution in [2.24, 2.45) is 5.92 Å². The van der Waals surface area contributed by atoms with Crippen molar-refractivity contribution >= 4 is 16.9 Å². The van der Waals surface area contributed by atoms with Crippen LogP contribution in [0.1, 0.15) is 31.2 Å². The Labute approximate surface area is 201 Å². The van der Waals surface area contributed by atoms with Gasteiger partial charge in [-0.25, -0.2) is 4.98 Å². The van der Waals surface area contributed by atoms with E-state index in [1.807, 2.05) is 18.2 Å². The number of nitrogens with one attached hydrogen (secondary N) is 1. The molecule has 1 amide bonds. The third kappa shape index (κ3) is 4.95. The zero-order valence-corrected chi connectivity index (χ0v) is 20.2. The SMILES string of the molecule is COc1ccc(Cn2c(CN3CCC[C@@H](C(=O)N4CCN[C@@H](C)C4)C3)nc3ccccc32)cc1. The Kier molecular flexibility index (Phi) is 6.83. The number of para-hydroxylation sites is 2. The number of nitrogens with zero attached hydrogens (tertiary/aromatic N) is 4. The van der Waals surface area contributed by atoms with E-state index in [2.05, 4.69) is 56.9 Å². The van der Waals surface area contributed by atoms with Crippen LogP contribution in [0.4, 0.5) is 0 Å². The summed E-state index contributed by atoms with van der Waals surface area (Å²) >= 11 is 0. The number of benzene rings is 2. The van der Waals surface area contributed by atoms with E-state index in [0.29, 0.717) is 11.9 Å². The molecule has 1 aromatic heterocycles. The summed E-state index contributed by atoms with van der Waals surface area (Å²) in [6, 6.07) is 16.9. The number of amides is 1. The topological polar surface area (TPSA) is 62.6 Å². The molecule has 180 valence electrons. The second kappa shape index (κ2) is 10.2. The molecule has 2 aliphatic rings. The minimum absolute atomic E-state index is 0.0819. The van der Waals surface area contributed by atoms with Crippen molar-refractivity contribution in [1.82, 2.24) is 24.7 Å². The fourth-order valence-corrected chi connectivity index (χ4v) is 5.33. The first-order valence-corrected chi connectivity index (χ1v) is 12.4. The van der Waals surface area contributed by atoms with Gasteiger partial charge < -0.3 is 19.5 Å². The number of carbonyl (C=O) groups excluding carboxylic acids is 1. The number of piperazine rings is 1. The largest absolute Gasteiger partial charge is 0.497 e. The Bertz CT molecular complexity index is 1130. The molecule has 34 heavy (non-hydrogen) atoms. The molecule has 2 atom stereocenters. The van der Waals surface area contributed by atoms with Gasteiger partial charge in [-0.15, -0.1) is 0 Å². The predicted octanol–water partition coefficient (Wildman–Crippen LogP) is 3.13. The summed E-state index contributed by atoms with van der Waals surface area (Å²) in [5, 5.41) is 3.43. The highest BCUT2D eigenvalue weighted by molar-refractivity contribution is 5.79. The summed E-state index contributed by atoms with van der Waals surface area (Å²) in [4.78, 5) is 22.7. The number of likely N-dealkylation sites (tertiary alicyclic amines) is 1. The van der Waals surface area contributed by atoms with Crippen LogP contribution in [0.15, 0.2) is 48.5 Å². The number of ether oxygens (including phenoxy) is 1. The average molecular weight is 462 g/mol. The van der Waals surface area contributed by atoms with Crippen LogP contribution in [0.2, 0.25) is 0 Å². The molecular formula is C27H35N5O2. The first kappa shape index (κ1) is 22.9. The van der Waals surface area contributed by atoms with Crippen LogP contribution in [0, 0.1) is 5.92 Å². The number of carbonyl (C=O) groups is 1. The molecule has 2 aromatic carbocycles. The Balaban J connectivity index is 1.33. The molecule has 0 radical (unpaired) electrons. The fourth-order valence-electron chi connectivity index (χ4n) is 5.33. The van der Waals surface area contributed by atoms with Crippen LogP contribution in [-0.2, 0) is 17.9 Å². The Morgan fingerprint density at radius 1 is 1.09 bits per heavy atom. The van der Waals surface area contributed by atoms with E-state index in [9.17, 15) is 4.79 Å². The standard InChI is InChI=1S/C27H35N5O2/c1-20-16-31(15-13-28-20)27(33)22-6-5-14-30(18-22)19-26-29-24-7-3-4-8-25(24)32(26)17-21-9-11-23(34-2)12-10-21/h3-4,7-12,20,22,28H,5-6,13-19H2,1-2H3/t20-,22+/m0/s1. The van der Waals surface area contributed by atoms with Gasteiger partial charge in [-0.05, 0) is 56.1 Å². The zero-order chi connectivity index (χ0) is 23.5. The van der Waals surface area contributed by atoms with Crippen molar-refractivity contribution < 1.29 is 9.53 Å². The van der Waals surface area contributed by atoms with E-state index in [0.717, 1.165) is 81.3 Å². The highest BCUT2D eigenvalue weighted by Crippen LogP contribution is 2.24. The highest BCUT2D eigenvalue weighted by Gasteiger charge is 2.31. The van der Waals surface area contributed by atoms with Gasteiger partial charge in [-0.2, -0.15) is 0 Å². The maximum Gasteiger partial charge on any atom is 0.227 e. The van der Waals surface area contributed by atoms with Gasteiger partial charge in [0.15, 0.2) is 0 Å². The summed E-state index contributed by atoms with van der Waals surface area (Å²) in [6.07, 6.45) is 2.03. The number of fused-ring (bicyclic) bond motifs is 1. The van der Waals surface area contributed by atoms with Gasteiger partial charge in [0.05, 0.1) is 30.6 Å². The number of methoxy groups -OCH3 is 1. The summed E-state index contributed by atoms with van der Waals surface area (Å²) < 4.78 is 7.64. The molecular weight excluding hydrogens is 426 g/mol. The van der Waals surface area contributed by atoms with Crippen LogP contribution >= 0.6 is 0 Å². The normalized spacial score (nSPS) is 21.6. The van der Waals surface area contributed by atoms with Gasteiger partial charge in [0, 0.05) is 38.8 Å². The second-order valence-corrected chi connectivity index (χ2v) is 9.66. The van der Waals surface area contributed by atoms with Crippen LogP contribution in [0.5, 0.6) is 5.75 Å². The van der Waals surface area contributed by atoms with Gasteiger partial charge in [0.1, 0.15) is 11.6 Å². The summed E-state index contributed by atoms with van der Waals surface area (Å²) in [6.45, 7) is 8.00. The van der Waals surface area contributed by atoms with Gasteiger partial charge in [-0.1, -0.05) is 24.3 Å². The molecule has 0 bridgehead atoms. The van der Waals surface area contributed by atoms with Gasteiger partial charge in [-0.3, -0.25) is 9.69 Å². The van der Waals surface area contributed by atoms with E-state index >= 15 is 0 Å². The number of hydrogen-bond donors (Lipinski definition) is 1. The number of rotatable bonds is 6. The van der Waals surface area contributed by atoms with Crippen LogP contribution in [0.3, 0.4) is 0 Å².